The maximum absolute atomic E-state index is 13.9. The standard InChI is InChI=1S/C18H22FN3O4/c1-12-15(25-9-13-5-3-2-4-6-13)18(10-19,11-23)26-16(12)22-8-7-14(20)21-17(22)24/h2-8,12,15-16,23H,9-11H2,1H3,(H2,20,21,24)/t12-,15-,16+,18+/m0/s1. The molecular formula is C18H22FN3O4. The van der Waals surface area contributed by atoms with Crippen LogP contribution in [0.15, 0.2) is 47.4 Å². The first-order valence-corrected chi connectivity index (χ1v) is 8.35. The van der Waals surface area contributed by atoms with E-state index < -0.39 is 42.8 Å². The fourth-order valence-corrected chi connectivity index (χ4v) is 3.31. The second kappa shape index (κ2) is 7.53. The third-order valence-electron chi connectivity index (χ3n) is 4.69. The molecule has 0 radical (unpaired) electrons. The summed E-state index contributed by atoms with van der Waals surface area (Å²) in [5, 5.41) is 9.81. The molecule has 0 bridgehead atoms. The van der Waals surface area contributed by atoms with Gasteiger partial charge in [0.2, 0.25) is 0 Å². The number of aliphatic hydroxyl groups excluding tert-OH is 1. The molecule has 0 unspecified atom stereocenters. The van der Waals surface area contributed by atoms with Gasteiger partial charge in [-0.05, 0) is 11.6 Å². The Labute approximate surface area is 150 Å². The number of ether oxygens (including phenoxy) is 2. The number of alkyl halides is 1. The van der Waals surface area contributed by atoms with Crippen molar-refractivity contribution in [2.75, 3.05) is 19.0 Å². The van der Waals surface area contributed by atoms with Crippen LogP contribution in [0.2, 0.25) is 0 Å². The van der Waals surface area contributed by atoms with Crippen LogP contribution in [0.3, 0.4) is 0 Å². The highest BCUT2D eigenvalue weighted by Crippen LogP contribution is 2.43. The van der Waals surface area contributed by atoms with Crippen LogP contribution in [0, 0.1) is 5.92 Å². The van der Waals surface area contributed by atoms with Crippen molar-refractivity contribution in [1.29, 1.82) is 0 Å². The van der Waals surface area contributed by atoms with Crippen molar-refractivity contribution in [2.24, 2.45) is 5.92 Å². The number of aromatic nitrogens is 2. The summed E-state index contributed by atoms with van der Waals surface area (Å²) in [6.45, 7) is 0.515. The van der Waals surface area contributed by atoms with Crippen LogP contribution in [-0.4, -0.2) is 39.6 Å². The highest BCUT2D eigenvalue weighted by Gasteiger charge is 2.55. The molecule has 140 valence electrons. The third-order valence-corrected chi connectivity index (χ3v) is 4.69. The van der Waals surface area contributed by atoms with E-state index in [9.17, 15) is 14.3 Å². The van der Waals surface area contributed by atoms with Gasteiger partial charge in [0.1, 0.15) is 24.3 Å². The second-order valence-electron chi connectivity index (χ2n) is 6.48. The fraction of sp³-hybridized carbons (Fsp3) is 0.444. The Morgan fingerprint density at radius 3 is 2.73 bits per heavy atom. The largest absolute Gasteiger partial charge is 0.393 e. The summed E-state index contributed by atoms with van der Waals surface area (Å²) >= 11 is 0. The van der Waals surface area contributed by atoms with Crippen molar-refractivity contribution in [3.05, 3.63) is 58.6 Å². The van der Waals surface area contributed by atoms with Crippen LogP contribution < -0.4 is 11.4 Å². The number of rotatable bonds is 6. The molecule has 2 heterocycles. The molecule has 0 amide bonds. The van der Waals surface area contributed by atoms with Gasteiger partial charge in [-0.15, -0.1) is 0 Å². The van der Waals surface area contributed by atoms with E-state index >= 15 is 0 Å². The van der Waals surface area contributed by atoms with Crippen LogP contribution in [0.25, 0.3) is 0 Å². The molecule has 0 aliphatic carbocycles. The zero-order valence-corrected chi connectivity index (χ0v) is 14.4. The zero-order chi connectivity index (χ0) is 18.7. The SMILES string of the molecule is C[C@@H]1[C@H](n2ccc(N)nc2=O)O[C@@](CO)(CF)[C@H]1OCc1ccccc1. The molecule has 1 aromatic heterocycles. The highest BCUT2D eigenvalue weighted by molar-refractivity contribution is 5.23. The summed E-state index contributed by atoms with van der Waals surface area (Å²) in [4.78, 5) is 15.8. The number of anilines is 1. The van der Waals surface area contributed by atoms with Crippen LogP contribution in [0.1, 0.15) is 18.7 Å². The van der Waals surface area contributed by atoms with Crippen molar-refractivity contribution >= 4 is 5.82 Å². The number of nitrogen functional groups attached to an aromatic ring is 1. The molecule has 4 atom stereocenters. The monoisotopic (exact) mass is 363 g/mol. The molecular weight excluding hydrogens is 341 g/mol. The predicted octanol–water partition coefficient (Wildman–Crippen LogP) is 1.28. The highest BCUT2D eigenvalue weighted by atomic mass is 19.1. The average Bonchev–Trinajstić information content (AvgIpc) is 2.93. The fourth-order valence-electron chi connectivity index (χ4n) is 3.31. The van der Waals surface area contributed by atoms with Crippen LogP contribution >= 0.6 is 0 Å². The Morgan fingerprint density at radius 2 is 2.12 bits per heavy atom. The number of aliphatic hydroxyl groups is 1. The molecule has 0 saturated carbocycles. The van der Waals surface area contributed by atoms with Gasteiger partial charge in [0.05, 0.1) is 19.3 Å². The Morgan fingerprint density at radius 1 is 1.38 bits per heavy atom. The van der Waals surface area contributed by atoms with E-state index in [1.54, 1.807) is 6.92 Å². The summed E-state index contributed by atoms with van der Waals surface area (Å²) in [6.07, 6.45) is -0.113. The lowest BCUT2D eigenvalue weighted by molar-refractivity contribution is -0.152. The Bertz CT molecular complexity index is 795. The van der Waals surface area contributed by atoms with E-state index in [0.717, 1.165) is 5.56 Å². The zero-order valence-electron chi connectivity index (χ0n) is 14.4. The molecule has 1 fully saturated rings. The minimum Gasteiger partial charge on any atom is -0.393 e. The summed E-state index contributed by atoms with van der Waals surface area (Å²) in [5.74, 6) is -0.308. The summed E-state index contributed by atoms with van der Waals surface area (Å²) < 4.78 is 26.8. The first kappa shape index (κ1) is 18.5. The molecule has 8 heteroatoms. The molecule has 1 saturated heterocycles. The topological polar surface area (TPSA) is 99.6 Å². The molecule has 1 aromatic carbocycles. The first-order chi connectivity index (χ1) is 12.5. The molecule has 1 aliphatic heterocycles. The smallest absolute Gasteiger partial charge is 0.351 e. The van der Waals surface area contributed by atoms with Crippen LogP contribution in [0.4, 0.5) is 10.2 Å². The van der Waals surface area contributed by atoms with Crippen LogP contribution in [0.5, 0.6) is 0 Å². The van der Waals surface area contributed by atoms with E-state index in [-0.39, 0.29) is 12.4 Å². The minimum atomic E-state index is -1.54. The van der Waals surface area contributed by atoms with Gasteiger partial charge < -0.3 is 20.3 Å². The van der Waals surface area contributed by atoms with Crippen molar-refractivity contribution in [3.8, 4) is 0 Å². The number of nitrogens with zero attached hydrogens (tertiary/aromatic N) is 2. The summed E-state index contributed by atoms with van der Waals surface area (Å²) in [5.41, 5.74) is 4.29. The van der Waals surface area contributed by atoms with Crippen molar-refractivity contribution < 1.29 is 19.0 Å². The number of hydrogen-bond acceptors (Lipinski definition) is 6. The van der Waals surface area contributed by atoms with Gasteiger partial charge in [-0.3, -0.25) is 4.57 Å². The van der Waals surface area contributed by atoms with E-state index in [1.807, 2.05) is 30.3 Å². The van der Waals surface area contributed by atoms with Crippen molar-refractivity contribution in [3.63, 3.8) is 0 Å². The molecule has 0 spiro atoms. The Kier molecular flexibility index (Phi) is 5.36. The van der Waals surface area contributed by atoms with E-state index in [0.29, 0.717) is 0 Å². The number of hydrogen-bond donors (Lipinski definition) is 2. The Balaban J connectivity index is 1.87. The molecule has 3 rings (SSSR count). The van der Waals surface area contributed by atoms with Gasteiger partial charge in [-0.25, -0.2) is 9.18 Å². The van der Waals surface area contributed by atoms with Gasteiger partial charge in [0, 0.05) is 12.1 Å². The lowest BCUT2D eigenvalue weighted by atomic mass is 9.92. The van der Waals surface area contributed by atoms with E-state index in [1.165, 1.54) is 16.8 Å². The van der Waals surface area contributed by atoms with E-state index in [2.05, 4.69) is 4.98 Å². The van der Waals surface area contributed by atoms with Gasteiger partial charge in [-0.1, -0.05) is 37.3 Å². The van der Waals surface area contributed by atoms with Crippen molar-refractivity contribution in [2.45, 2.75) is 31.5 Å². The van der Waals surface area contributed by atoms with E-state index in [4.69, 9.17) is 15.2 Å². The average molecular weight is 363 g/mol. The maximum atomic E-state index is 13.9. The molecule has 2 aromatic rings. The third kappa shape index (κ3) is 3.35. The molecule has 1 aliphatic rings. The summed E-state index contributed by atoms with van der Waals surface area (Å²) in [6, 6.07) is 10.9. The predicted molar refractivity (Wildman–Crippen MR) is 93.0 cm³/mol. The summed E-state index contributed by atoms with van der Waals surface area (Å²) in [7, 11) is 0. The molecule has 26 heavy (non-hydrogen) atoms. The van der Waals surface area contributed by atoms with Gasteiger partial charge in [-0.2, -0.15) is 4.98 Å². The molecule has 7 nitrogen and oxygen atoms in total. The minimum absolute atomic E-state index is 0.0905. The van der Waals surface area contributed by atoms with Gasteiger partial charge in [0.25, 0.3) is 0 Å². The number of benzene rings is 1. The number of halogens is 1. The van der Waals surface area contributed by atoms with Crippen LogP contribution in [-0.2, 0) is 16.1 Å². The maximum Gasteiger partial charge on any atom is 0.351 e. The normalized spacial score (nSPS) is 28.3. The lowest BCUT2D eigenvalue weighted by Crippen LogP contribution is -2.48. The van der Waals surface area contributed by atoms with Gasteiger partial charge in [0.15, 0.2) is 0 Å². The first-order valence-electron chi connectivity index (χ1n) is 8.35. The van der Waals surface area contributed by atoms with Crippen molar-refractivity contribution in [1.82, 2.24) is 9.55 Å². The second-order valence-corrected chi connectivity index (χ2v) is 6.48. The Hall–Kier alpha value is -2.29. The lowest BCUT2D eigenvalue weighted by Gasteiger charge is -2.30. The number of nitrogens with two attached hydrogens (primary N) is 1. The quantitative estimate of drug-likeness (QED) is 0.802. The van der Waals surface area contributed by atoms with Gasteiger partial charge >= 0.3 is 5.69 Å². The molecule has 3 N–H and O–H groups in total.